The monoisotopic (exact) mass is 445 g/mol. The van der Waals surface area contributed by atoms with Crippen LogP contribution in [0.3, 0.4) is 0 Å². The van der Waals surface area contributed by atoms with Crippen LogP contribution in [0.25, 0.3) is 17.4 Å². The normalized spacial score (nSPS) is 15.6. The summed E-state index contributed by atoms with van der Waals surface area (Å²) in [6, 6.07) is 18.5. The molecule has 28 heavy (non-hydrogen) atoms. The second-order valence-electron chi connectivity index (χ2n) is 6.08. The Morgan fingerprint density at radius 2 is 1.86 bits per heavy atom. The Morgan fingerprint density at radius 3 is 2.64 bits per heavy atom. The molecule has 1 aromatic heterocycles. The molecule has 0 radical (unpaired) electrons. The van der Waals surface area contributed by atoms with Crippen molar-refractivity contribution in [3.63, 3.8) is 0 Å². The predicted octanol–water partition coefficient (Wildman–Crippen LogP) is 6.65. The molecule has 0 aliphatic carbocycles. The second-order valence-corrected chi connectivity index (χ2v) is 8.60. The molecule has 1 fully saturated rings. The van der Waals surface area contributed by atoms with Gasteiger partial charge in [-0.2, -0.15) is 0 Å². The number of carbonyl (C=O) groups is 1. The van der Waals surface area contributed by atoms with Crippen LogP contribution in [-0.2, 0) is 11.3 Å². The minimum atomic E-state index is -0.127. The molecule has 3 aromatic rings. The lowest BCUT2D eigenvalue weighted by Crippen LogP contribution is -2.27. The van der Waals surface area contributed by atoms with E-state index in [0.717, 1.165) is 5.56 Å². The average Bonchev–Trinajstić information content (AvgIpc) is 3.25. The third kappa shape index (κ3) is 4.03. The van der Waals surface area contributed by atoms with E-state index in [0.29, 0.717) is 42.9 Å². The Balaban J connectivity index is 1.57. The summed E-state index contributed by atoms with van der Waals surface area (Å²) in [5.74, 6) is 1.00. The highest BCUT2D eigenvalue weighted by atomic mass is 35.5. The minimum Gasteiger partial charge on any atom is -0.457 e. The van der Waals surface area contributed by atoms with E-state index < -0.39 is 0 Å². The highest BCUT2D eigenvalue weighted by molar-refractivity contribution is 8.26. The summed E-state index contributed by atoms with van der Waals surface area (Å²) in [6.07, 6.45) is 1.70. The van der Waals surface area contributed by atoms with Gasteiger partial charge in [0.25, 0.3) is 5.91 Å². The van der Waals surface area contributed by atoms with Gasteiger partial charge in [0.1, 0.15) is 15.8 Å². The Kier molecular flexibility index (Phi) is 5.60. The molecule has 1 amide bonds. The molecule has 3 nitrogen and oxygen atoms in total. The maximum absolute atomic E-state index is 12.8. The van der Waals surface area contributed by atoms with Crippen LogP contribution in [0.15, 0.2) is 70.0 Å². The fraction of sp³-hybridized carbons (Fsp3) is 0.0476. The van der Waals surface area contributed by atoms with Crippen LogP contribution in [0.2, 0.25) is 10.0 Å². The largest absolute Gasteiger partial charge is 0.457 e. The van der Waals surface area contributed by atoms with Crippen molar-refractivity contribution in [2.24, 2.45) is 0 Å². The molecule has 0 N–H and O–H groups in total. The molecule has 4 rings (SSSR count). The van der Waals surface area contributed by atoms with Gasteiger partial charge in [-0.1, -0.05) is 77.5 Å². The zero-order chi connectivity index (χ0) is 19.7. The van der Waals surface area contributed by atoms with Gasteiger partial charge < -0.3 is 4.42 Å². The molecular formula is C21H13Cl2NO2S2. The standard InChI is InChI=1S/C21H13Cl2NO2S2/c22-14-6-8-17(23)16(10-14)18-9-7-15(26-18)11-19-20(25)24(21(27)28-19)12-13-4-2-1-3-5-13/h1-11H,12H2/b19-11-. The molecule has 0 unspecified atom stereocenters. The molecule has 0 bridgehead atoms. The van der Waals surface area contributed by atoms with Gasteiger partial charge in [-0.3, -0.25) is 9.69 Å². The minimum absolute atomic E-state index is 0.127. The van der Waals surface area contributed by atoms with Gasteiger partial charge in [-0.15, -0.1) is 0 Å². The molecular weight excluding hydrogens is 433 g/mol. The summed E-state index contributed by atoms with van der Waals surface area (Å²) in [7, 11) is 0. The number of thioether (sulfide) groups is 1. The quantitative estimate of drug-likeness (QED) is 0.332. The fourth-order valence-corrected chi connectivity index (χ4v) is 4.41. The van der Waals surface area contributed by atoms with Crippen molar-refractivity contribution in [2.45, 2.75) is 6.54 Å². The number of amides is 1. The van der Waals surface area contributed by atoms with E-state index in [9.17, 15) is 4.79 Å². The van der Waals surface area contributed by atoms with Crippen LogP contribution < -0.4 is 0 Å². The first-order chi connectivity index (χ1) is 13.5. The van der Waals surface area contributed by atoms with Crippen molar-refractivity contribution in [3.8, 4) is 11.3 Å². The first kappa shape index (κ1) is 19.3. The third-order valence-electron chi connectivity index (χ3n) is 4.15. The zero-order valence-electron chi connectivity index (χ0n) is 14.4. The van der Waals surface area contributed by atoms with Crippen molar-refractivity contribution in [3.05, 3.63) is 86.9 Å². The number of hydrogen-bond donors (Lipinski definition) is 0. The molecule has 2 aromatic carbocycles. The smallest absolute Gasteiger partial charge is 0.266 e. The van der Waals surface area contributed by atoms with Crippen LogP contribution in [0.4, 0.5) is 0 Å². The lowest BCUT2D eigenvalue weighted by Gasteiger charge is -2.14. The SMILES string of the molecule is O=C1/C(=C/c2ccc(-c3cc(Cl)ccc3Cl)o2)SC(=S)N1Cc1ccccc1. The fourth-order valence-electron chi connectivity index (χ4n) is 2.79. The Morgan fingerprint density at radius 1 is 1.07 bits per heavy atom. The maximum Gasteiger partial charge on any atom is 0.266 e. The summed E-state index contributed by atoms with van der Waals surface area (Å²) >= 11 is 18.9. The Hall–Kier alpha value is -2.05. The van der Waals surface area contributed by atoms with E-state index in [-0.39, 0.29) is 5.91 Å². The molecule has 0 spiro atoms. The number of hydrogen-bond acceptors (Lipinski definition) is 4. The van der Waals surface area contributed by atoms with Crippen molar-refractivity contribution in [1.82, 2.24) is 4.90 Å². The average molecular weight is 446 g/mol. The summed E-state index contributed by atoms with van der Waals surface area (Å²) in [5.41, 5.74) is 1.72. The highest BCUT2D eigenvalue weighted by Crippen LogP contribution is 2.36. The zero-order valence-corrected chi connectivity index (χ0v) is 17.5. The molecule has 140 valence electrons. The predicted molar refractivity (Wildman–Crippen MR) is 119 cm³/mol. The number of benzene rings is 2. The van der Waals surface area contributed by atoms with E-state index >= 15 is 0 Å². The Labute approximate surface area is 181 Å². The first-order valence-electron chi connectivity index (χ1n) is 8.36. The van der Waals surface area contributed by atoms with E-state index in [1.54, 1.807) is 41.3 Å². The van der Waals surface area contributed by atoms with Gasteiger partial charge in [0.15, 0.2) is 0 Å². The summed E-state index contributed by atoms with van der Waals surface area (Å²) in [6.45, 7) is 0.449. The lowest BCUT2D eigenvalue weighted by atomic mass is 10.2. The number of thiocarbonyl (C=S) groups is 1. The summed E-state index contributed by atoms with van der Waals surface area (Å²) in [5, 5.41) is 1.11. The first-order valence-corrected chi connectivity index (χ1v) is 10.3. The van der Waals surface area contributed by atoms with Gasteiger partial charge in [-0.25, -0.2) is 0 Å². The summed E-state index contributed by atoms with van der Waals surface area (Å²) in [4.78, 5) is 14.9. The van der Waals surface area contributed by atoms with Gasteiger partial charge in [0.2, 0.25) is 0 Å². The van der Waals surface area contributed by atoms with E-state index in [2.05, 4.69) is 0 Å². The van der Waals surface area contributed by atoms with Gasteiger partial charge in [-0.05, 0) is 35.9 Å². The lowest BCUT2D eigenvalue weighted by molar-refractivity contribution is -0.122. The Bertz CT molecular complexity index is 1090. The molecule has 1 saturated heterocycles. The molecule has 0 saturated carbocycles. The van der Waals surface area contributed by atoms with Crippen LogP contribution in [-0.4, -0.2) is 15.1 Å². The van der Waals surface area contributed by atoms with Crippen molar-refractivity contribution >= 4 is 63.5 Å². The summed E-state index contributed by atoms with van der Waals surface area (Å²) < 4.78 is 6.39. The molecule has 2 heterocycles. The molecule has 1 aliphatic heterocycles. The molecule has 7 heteroatoms. The van der Waals surface area contributed by atoms with Gasteiger partial charge in [0, 0.05) is 16.7 Å². The highest BCUT2D eigenvalue weighted by Gasteiger charge is 2.32. The number of carbonyl (C=O) groups excluding carboxylic acids is 1. The van der Waals surface area contributed by atoms with E-state index in [1.807, 2.05) is 30.3 Å². The van der Waals surface area contributed by atoms with Crippen molar-refractivity contribution in [1.29, 1.82) is 0 Å². The van der Waals surface area contributed by atoms with Gasteiger partial charge >= 0.3 is 0 Å². The van der Waals surface area contributed by atoms with Crippen LogP contribution in [0, 0.1) is 0 Å². The van der Waals surface area contributed by atoms with Crippen LogP contribution in [0.5, 0.6) is 0 Å². The van der Waals surface area contributed by atoms with Gasteiger partial charge in [0.05, 0.1) is 16.5 Å². The van der Waals surface area contributed by atoms with E-state index in [4.69, 9.17) is 39.8 Å². The van der Waals surface area contributed by atoms with Crippen LogP contribution in [0.1, 0.15) is 11.3 Å². The third-order valence-corrected chi connectivity index (χ3v) is 6.09. The topological polar surface area (TPSA) is 33.5 Å². The maximum atomic E-state index is 12.8. The molecule has 0 atom stereocenters. The van der Waals surface area contributed by atoms with Crippen LogP contribution >= 0.6 is 47.2 Å². The van der Waals surface area contributed by atoms with Crippen molar-refractivity contribution < 1.29 is 9.21 Å². The number of furan rings is 1. The molecule has 1 aliphatic rings. The van der Waals surface area contributed by atoms with E-state index in [1.165, 1.54) is 11.8 Å². The number of halogens is 2. The number of nitrogens with zero attached hydrogens (tertiary/aromatic N) is 1. The number of rotatable bonds is 4. The second kappa shape index (κ2) is 8.13. The van der Waals surface area contributed by atoms with Crippen molar-refractivity contribution in [2.75, 3.05) is 0 Å².